The third kappa shape index (κ3) is 2.98. The number of hydrogen-bond donors (Lipinski definition) is 1. The molecule has 5 heteroatoms. The fourth-order valence-electron chi connectivity index (χ4n) is 1.62. The van der Waals surface area contributed by atoms with Crippen LogP contribution in [0.5, 0.6) is 11.5 Å². The van der Waals surface area contributed by atoms with Gasteiger partial charge in [-0.15, -0.1) is 0 Å². The second-order valence-corrected chi connectivity index (χ2v) is 4.22. The van der Waals surface area contributed by atoms with Crippen LogP contribution in [-0.4, -0.2) is 13.1 Å². The summed E-state index contributed by atoms with van der Waals surface area (Å²) in [6.07, 6.45) is 0. The van der Waals surface area contributed by atoms with Gasteiger partial charge < -0.3 is 15.2 Å². The molecule has 4 nitrogen and oxygen atoms in total. The van der Waals surface area contributed by atoms with Crippen molar-refractivity contribution in [3.8, 4) is 11.5 Å². The van der Waals surface area contributed by atoms with Crippen LogP contribution in [0.4, 0.5) is 5.69 Å². The highest BCUT2D eigenvalue weighted by Gasteiger charge is 2.15. The van der Waals surface area contributed by atoms with Crippen molar-refractivity contribution in [1.29, 1.82) is 0 Å². The van der Waals surface area contributed by atoms with Crippen LogP contribution >= 0.6 is 11.6 Å². The van der Waals surface area contributed by atoms with Crippen LogP contribution in [0.2, 0.25) is 5.02 Å². The molecule has 0 fully saturated rings. The average Bonchev–Trinajstić information content (AvgIpc) is 2.39. The van der Waals surface area contributed by atoms with E-state index in [0.29, 0.717) is 16.3 Å². The van der Waals surface area contributed by atoms with Gasteiger partial charge in [-0.3, -0.25) is 0 Å². The molecule has 0 unspecified atom stereocenters. The van der Waals surface area contributed by atoms with E-state index in [-0.39, 0.29) is 11.5 Å². The molecule has 0 saturated carbocycles. The number of methoxy groups -OCH3 is 1. The van der Waals surface area contributed by atoms with E-state index in [4.69, 9.17) is 26.8 Å². The van der Waals surface area contributed by atoms with Crippen LogP contribution in [-0.2, 0) is 0 Å². The van der Waals surface area contributed by atoms with E-state index in [1.165, 1.54) is 19.2 Å². The minimum Gasteiger partial charge on any atom is -0.491 e. The summed E-state index contributed by atoms with van der Waals surface area (Å²) in [5, 5.41) is 0.370. The first-order valence-corrected chi connectivity index (χ1v) is 5.90. The van der Waals surface area contributed by atoms with E-state index in [0.717, 1.165) is 0 Å². The summed E-state index contributed by atoms with van der Waals surface area (Å²) in [6, 6.07) is 11.6. The van der Waals surface area contributed by atoms with E-state index < -0.39 is 5.97 Å². The summed E-state index contributed by atoms with van der Waals surface area (Å²) >= 11 is 5.88. The number of rotatable bonds is 3. The lowest BCUT2D eigenvalue weighted by Gasteiger charge is -2.11. The molecule has 0 aromatic heterocycles. The lowest BCUT2D eigenvalue weighted by molar-refractivity contribution is 0.0730. The third-order valence-corrected chi connectivity index (χ3v) is 2.68. The highest BCUT2D eigenvalue weighted by molar-refractivity contribution is 6.31. The number of carbonyl (C=O) groups excluding carboxylic acids is 1. The molecule has 2 aromatic carbocycles. The summed E-state index contributed by atoms with van der Waals surface area (Å²) < 4.78 is 10.4. The molecule has 0 amide bonds. The smallest absolute Gasteiger partial charge is 0.343 e. The van der Waals surface area contributed by atoms with Gasteiger partial charge in [0.2, 0.25) is 0 Å². The molecule has 98 valence electrons. The van der Waals surface area contributed by atoms with Gasteiger partial charge in [-0.2, -0.15) is 0 Å². The Labute approximate surface area is 115 Å². The molecule has 0 aliphatic carbocycles. The highest BCUT2D eigenvalue weighted by atomic mass is 35.5. The maximum absolute atomic E-state index is 11.9. The van der Waals surface area contributed by atoms with Crippen LogP contribution in [0.15, 0.2) is 42.5 Å². The molecule has 0 radical (unpaired) electrons. The van der Waals surface area contributed by atoms with Crippen molar-refractivity contribution in [3.05, 3.63) is 53.1 Å². The Morgan fingerprint density at radius 3 is 2.53 bits per heavy atom. The molecule has 2 N–H and O–H groups in total. The fourth-order valence-corrected chi connectivity index (χ4v) is 1.83. The van der Waals surface area contributed by atoms with Gasteiger partial charge in [-0.25, -0.2) is 4.79 Å². The summed E-state index contributed by atoms with van der Waals surface area (Å²) in [6.45, 7) is 0. The maximum atomic E-state index is 11.9. The largest absolute Gasteiger partial charge is 0.491 e. The molecule has 2 aromatic rings. The molecule has 0 heterocycles. The zero-order valence-corrected chi connectivity index (χ0v) is 11.0. The number of halogens is 1. The molecule has 0 saturated heterocycles. The van der Waals surface area contributed by atoms with Crippen molar-refractivity contribution in [2.45, 2.75) is 0 Å². The van der Waals surface area contributed by atoms with Gasteiger partial charge in [-0.1, -0.05) is 29.8 Å². The van der Waals surface area contributed by atoms with Gasteiger partial charge in [0.25, 0.3) is 0 Å². The second kappa shape index (κ2) is 5.63. The molecule has 0 aliphatic heterocycles. The first-order chi connectivity index (χ1) is 9.11. The number of nitrogens with two attached hydrogens (primary N) is 1. The van der Waals surface area contributed by atoms with Crippen molar-refractivity contribution in [2.75, 3.05) is 12.8 Å². The van der Waals surface area contributed by atoms with E-state index in [1.807, 2.05) is 6.07 Å². The molecule has 0 atom stereocenters. The minimum absolute atomic E-state index is 0.196. The number of ether oxygens (including phenoxy) is 2. The van der Waals surface area contributed by atoms with Crippen molar-refractivity contribution in [3.63, 3.8) is 0 Å². The first-order valence-electron chi connectivity index (χ1n) is 5.52. The van der Waals surface area contributed by atoms with Crippen LogP contribution < -0.4 is 15.2 Å². The number of anilines is 1. The topological polar surface area (TPSA) is 61.6 Å². The van der Waals surface area contributed by atoms with Gasteiger partial charge in [0.05, 0.1) is 18.4 Å². The molecule has 0 bridgehead atoms. The fraction of sp³-hybridized carbons (Fsp3) is 0.0714. The van der Waals surface area contributed by atoms with Crippen LogP contribution in [0.25, 0.3) is 0 Å². The van der Waals surface area contributed by atoms with Crippen molar-refractivity contribution < 1.29 is 14.3 Å². The lowest BCUT2D eigenvalue weighted by Crippen LogP contribution is -2.09. The van der Waals surface area contributed by atoms with Gasteiger partial charge in [0.1, 0.15) is 0 Å². The van der Waals surface area contributed by atoms with Gasteiger partial charge in [0.15, 0.2) is 11.5 Å². The monoisotopic (exact) mass is 277 g/mol. The zero-order valence-electron chi connectivity index (χ0n) is 10.2. The summed E-state index contributed by atoms with van der Waals surface area (Å²) in [5.41, 5.74) is 6.49. The number of hydrogen-bond acceptors (Lipinski definition) is 4. The Kier molecular flexibility index (Phi) is 3.92. The molecule has 0 spiro atoms. The second-order valence-electron chi connectivity index (χ2n) is 3.78. The Balaban J connectivity index is 2.31. The SMILES string of the molecule is COc1c(N)cc(Cl)cc1OC(=O)c1ccccc1. The quantitative estimate of drug-likeness (QED) is 0.532. The standard InChI is InChI=1S/C14H12ClNO3/c1-18-13-11(16)7-10(15)8-12(13)19-14(17)9-5-3-2-4-6-9/h2-8H,16H2,1H3. The molecule has 2 rings (SSSR count). The van der Waals surface area contributed by atoms with Crippen molar-refractivity contribution in [1.82, 2.24) is 0 Å². The molecule has 19 heavy (non-hydrogen) atoms. The van der Waals surface area contributed by atoms with Gasteiger partial charge in [-0.05, 0) is 18.2 Å². The summed E-state index contributed by atoms with van der Waals surface area (Å²) in [7, 11) is 1.44. The summed E-state index contributed by atoms with van der Waals surface area (Å²) in [4.78, 5) is 11.9. The number of nitrogen functional groups attached to an aromatic ring is 1. The minimum atomic E-state index is -0.499. The van der Waals surface area contributed by atoms with Gasteiger partial charge in [0, 0.05) is 11.1 Å². The van der Waals surface area contributed by atoms with Crippen LogP contribution in [0, 0.1) is 0 Å². The Hall–Kier alpha value is -2.20. The number of carbonyl (C=O) groups is 1. The maximum Gasteiger partial charge on any atom is 0.343 e. The van der Waals surface area contributed by atoms with Crippen molar-refractivity contribution >= 4 is 23.3 Å². The van der Waals surface area contributed by atoms with Crippen LogP contribution in [0.3, 0.4) is 0 Å². The Bertz CT molecular complexity index is 599. The van der Waals surface area contributed by atoms with E-state index in [1.54, 1.807) is 24.3 Å². The third-order valence-electron chi connectivity index (χ3n) is 2.46. The molecular weight excluding hydrogens is 266 g/mol. The number of benzene rings is 2. The van der Waals surface area contributed by atoms with Gasteiger partial charge >= 0.3 is 5.97 Å². The average molecular weight is 278 g/mol. The Morgan fingerprint density at radius 1 is 1.21 bits per heavy atom. The first kappa shape index (κ1) is 13.2. The predicted molar refractivity (Wildman–Crippen MR) is 73.8 cm³/mol. The molecular formula is C14H12ClNO3. The molecule has 0 aliphatic rings. The van der Waals surface area contributed by atoms with Crippen LogP contribution in [0.1, 0.15) is 10.4 Å². The highest BCUT2D eigenvalue weighted by Crippen LogP contribution is 2.36. The van der Waals surface area contributed by atoms with E-state index in [2.05, 4.69) is 0 Å². The predicted octanol–water partition coefficient (Wildman–Crippen LogP) is 3.15. The van der Waals surface area contributed by atoms with E-state index in [9.17, 15) is 4.79 Å². The lowest BCUT2D eigenvalue weighted by atomic mass is 10.2. The normalized spacial score (nSPS) is 10.0. The summed E-state index contributed by atoms with van der Waals surface area (Å²) in [5.74, 6) is -0.0180. The van der Waals surface area contributed by atoms with E-state index >= 15 is 0 Å². The van der Waals surface area contributed by atoms with Crippen molar-refractivity contribution in [2.24, 2.45) is 0 Å². The zero-order chi connectivity index (χ0) is 13.8. The Morgan fingerprint density at radius 2 is 1.89 bits per heavy atom. The number of esters is 1.